The molecule has 2 unspecified atom stereocenters. The molecule has 150 valence electrons. The molecule has 0 radical (unpaired) electrons. The largest absolute Gasteiger partial charge is 0.508 e. The van der Waals surface area contributed by atoms with E-state index >= 15 is 0 Å². The highest BCUT2D eigenvalue weighted by Crippen LogP contribution is 2.35. The average Bonchev–Trinajstić information content (AvgIpc) is 2.67. The number of aromatic hydroxyl groups is 1. The zero-order valence-electron chi connectivity index (χ0n) is 16.2. The number of amides is 1. The lowest BCUT2D eigenvalue weighted by Crippen LogP contribution is -2.57. The summed E-state index contributed by atoms with van der Waals surface area (Å²) >= 11 is 0. The minimum absolute atomic E-state index is 0.00570. The van der Waals surface area contributed by atoms with Crippen molar-refractivity contribution < 1.29 is 19.4 Å². The lowest BCUT2D eigenvalue weighted by Gasteiger charge is -2.40. The van der Waals surface area contributed by atoms with Crippen molar-refractivity contribution >= 4 is 5.91 Å². The second-order valence-corrected chi connectivity index (χ2v) is 7.80. The van der Waals surface area contributed by atoms with Gasteiger partial charge in [-0.05, 0) is 62.1 Å². The Labute approximate surface area is 161 Å². The summed E-state index contributed by atoms with van der Waals surface area (Å²) in [5.41, 5.74) is 7.50. The van der Waals surface area contributed by atoms with Crippen LogP contribution < -0.4 is 5.73 Å². The van der Waals surface area contributed by atoms with Crippen molar-refractivity contribution in [2.24, 2.45) is 5.73 Å². The van der Waals surface area contributed by atoms with Gasteiger partial charge in [-0.2, -0.15) is 0 Å². The summed E-state index contributed by atoms with van der Waals surface area (Å²) in [6, 6.07) is 7.47. The molecule has 27 heavy (non-hydrogen) atoms. The normalized spacial score (nSPS) is 28.9. The van der Waals surface area contributed by atoms with Crippen LogP contribution in [0.3, 0.4) is 0 Å². The Morgan fingerprint density at radius 2 is 2.04 bits per heavy atom. The SMILES string of the molecule is COCC(=O)N1CCCC(N)C1COC1CCC(c2cccc(O)c2)CC1. The molecule has 1 aromatic rings. The molecular formula is C21H32N2O4. The maximum atomic E-state index is 12.3. The number of methoxy groups -OCH3 is 1. The molecule has 1 saturated heterocycles. The van der Waals surface area contributed by atoms with Crippen molar-refractivity contribution in [3.05, 3.63) is 29.8 Å². The summed E-state index contributed by atoms with van der Waals surface area (Å²) in [6.07, 6.45) is 6.17. The Morgan fingerprint density at radius 3 is 2.74 bits per heavy atom. The van der Waals surface area contributed by atoms with Crippen molar-refractivity contribution in [2.45, 2.75) is 62.6 Å². The first-order chi connectivity index (χ1) is 13.1. The Balaban J connectivity index is 1.50. The summed E-state index contributed by atoms with van der Waals surface area (Å²) in [6.45, 7) is 1.32. The number of ether oxygens (including phenoxy) is 2. The van der Waals surface area contributed by atoms with Gasteiger partial charge >= 0.3 is 0 Å². The minimum Gasteiger partial charge on any atom is -0.508 e. The molecule has 0 bridgehead atoms. The van der Waals surface area contributed by atoms with Crippen LogP contribution in [0.5, 0.6) is 5.75 Å². The average molecular weight is 376 g/mol. The number of rotatable bonds is 6. The Kier molecular flexibility index (Phi) is 7.10. The fraction of sp³-hybridized carbons (Fsp3) is 0.667. The van der Waals surface area contributed by atoms with Crippen LogP contribution in [0.25, 0.3) is 0 Å². The van der Waals surface area contributed by atoms with Crippen molar-refractivity contribution in [3.8, 4) is 5.75 Å². The van der Waals surface area contributed by atoms with Crippen molar-refractivity contribution in [2.75, 3.05) is 26.9 Å². The number of benzene rings is 1. The maximum Gasteiger partial charge on any atom is 0.248 e. The van der Waals surface area contributed by atoms with Crippen LogP contribution in [0.15, 0.2) is 24.3 Å². The molecule has 0 aromatic heterocycles. The summed E-state index contributed by atoms with van der Waals surface area (Å²) < 4.78 is 11.2. The topological polar surface area (TPSA) is 85.0 Å². The molecular weight excluding hydrogens is 344 g/mol. The first-order valence-corrected chi connectivity index (χ1v) is 10.0. The van der Waals surface area contributed by atoms with Gasteiger partial charge in [-0.3, -0.25) is 4.79 Å². The minimum atomic E-state index is -0.0646. The number of piperidine rings is 1. The molecule has 1 aliphatic heterocycles. The van der Waals surface area contributed by atoms with E-state index in [1.165, 1.54) is 12.7 Å². The number of nitrogens with zero attached hydrogens (tertiary/aromatic N) is 1. The Morgan fingerprint density at radius 1 is 1.26 bits per heavy atom. The number of hydrogen-bond acceptors (Lipinski definition) is 5. The van der Waals surface area contributed by atoms with E-state index in [9.17, 15) is 9.90 Å². The van der Waals surface area contributed by atoms with Gasteiger partial charge in [-0.15, -0.1) is 0 Å². The monoisotopic (exact) mass is 376 g/mol. The molecule has 6 nitrogen and oxygen atoms in total. The smallest absolute Gasteiger partial charge is 0.248 e. The summed E-state index contributed by atoms with van der Waals surface area (Å²) in [5, 5.41) is 9.68. The van der Waals surface area contributed by atoms with E-state index < -0.39 is 0 Å². The molecule has 0 spiro atoms. The van der Waals surface area contributed by atoms with Crippen LogP contribution in [0.1, 0.15) is 50.0 Å². The molecule has 1 aliphatic carbocycles. The number of phenols is 1. The summed E-state index contributed by atoms with van der Waals surface area (Å²) in [7, 11) is 1.54. The van der Waals surface area contributed by atoms with Gasteiger partial charge in [0.15, 0.2) is 0 Å². The van der Waals surface area contributed by atoms with Crippen LogP contribution in [0, 0.1) is 0 Å². The molecule has 2 fully saturated rings. The lowest BCUT2D eigenvalue weighted by atomic mass is 9.82. The van der Waals surface area contributed by atoms with Crippen LogP contribution in [-0.4, -0.2) is 61.0 Å². The van der Waals surface area contributed by atoms with Crippen molar-refractivity contribution in [1.82, 2.24) is 4.90 Å². The fourth-order valence-electron chi connectivity index (χ4n) is 4.39. The number of nitrogens with two attached hydrogens (primary N) is 1. The van der Waals surface area contributed by atoms with Gasteiger partial charge in [-0.1, -0.05) is 12.1 Å². The predicted octanol–water partition coefficient (Wildman–Crippen LogP) is 2.40. The van der Waals surface area contributed by atoms with Gasteiger partial charge in [0.2, 0.25) is 5.91 Å². The number of phenolic OH excluding ortho intramolecular Hbond substituents is 1. The standard InChI is InChI=1S/C21H32N2O4/c1-26-14-21(25)23-11-3-6-19(22)20(23)13-27-18-9-7-15(8-10-18)16-4-2-5-17(24)12-16/h2,4-5,12,15,18-20,24H,3,6-11,13-14,22H2,1H3. The number of carbonyl (C=O) groups is 1. The quantitative estimate of drug-likeness (QED) is 0.796. The van der Waals surface area contributed by atoms with Gasteiger partial charge in [0, 0.05) is 19.7 Å². The molecule has 1 saturated carbocycles. The highest BCUT2D eigenvalue weighted by atomic mass is 16.5. The van der Waals surface area contributed by atoms with E-state index in [0.717, 1.165) is 45.1 Å². The molecule has 2 aliphatic rings. The highest BCUT2D eigenvalue weighted by Gasteiger charge is 2.33. The number of likely N-dealkylation sites (tertiary alicyclic amines) is 1. The van der Waals surface area contributed by atoms with Crippen LogP contribution in [-0.2, 0) is 14.3 Å². The van der Waals surface area contributed by atoms with Gasteiger partial charge < -0.3 is 25.2 Å². The van der Waals surface area contributed by atoms with E-state index in [1.807, 2.05) is 17.0 Å². The third-order valence-corrected chi connectivity index (χ3v) is 5.94. The van der Waals surface area contributed by atoms with E-state index in [2.05, 4.69) is 6.07 Å². The van der Waals surface area contributed by atoms with Crippen LogP contribution in [0.2, 0.25) is 0 Å². The number of hydrogen-bond donors (Lipinski definition) is 2. The molecule has 1 amide bonds. The Bertz CT molecular complexity index is 616. The van der Waals surface area contributed by atoms with Crippen LogP contribution in [0.4, 0.5) is 0 Å². The fourth-order valence-corrected chi connectivity index (χ4v) is 4.39. The zero-order chi connectivity index (χ0) is 19.2. The molecule has 2 atom stereocenters. The molecule has 1 heterocycles. The summed E-state index contributed by atoms with van der Waals surface area (Å²) in [4.78, 5) is 14.1. The number of carbonyl (C=O) groups excluding carboxylic acids is 1. The van der Waals surface area contributed by atoms with Crippen LogP contribution >= 0.6 is 0 Å². The van der Waals surface area contributed by atoms with E-state index in [0.29, 0.717) is 18.3 Å². The molecule has 1 aromatic carbocycles. The zero-order valence-corrected chi connectivity index (χ0v) is 16.2. The lowest BCUT2D eigenvalue weighted by molar-refractivity contribution is -0.142. The maximum absolute atomic E-state index is 12.3. The Hall–Kier alpha value is -1.63. The third-order valence-electron chi connectivity index (χ3n) is 5.94. The van der Waals surface area contributed by atoms with Gasteiger partial charge in [0.05, 0.1) is 18.8 Å². The van der Waals surface area contributed by atoms with Gasteiger partial charge in [0.25, 0.3) is 0 Å². The second kappa shape index (κ2) is 9.53. The van der Waals surface area contributed by atoms with Crippen molar-refractivity contribution in [1.29, 1.82) is 0 Å². The molecule has 6 heteroatoms. The van der Waals surface area contributed by atoms with Gasteiger partial charge in [0.1, 0.15) is 12.4 Å². The van der Waals surface area contributed by atoms with Gasteiger partial charge in [-0.25, -0.2) is 0 Å². The van der Waals surface area contributed by atoms with Crippen molar-refractivity contribution in [3.63, 3.8) is 0 Å². The first kappa shape index (κ1) is 20.1. The van der Waals surface area contributed by atoms with E-state index in [-0.39, 0.29) is 30.7 Å². The van der Waals surface area contributed by atoms with E-state index in [1.54, 1.807) is 6.07 Å². The van der Waals surface area contributed by atoms with E-state index in [4.69, 9.17) is 15.2 Å². The summed E-state index contributed by atoms with van der Waals surface area (Å²) in [5.74, 6) is 0.806. The molecule has 3 rings (SSSR count). The second-order valence-electron chi connectivity index (χ2n) is 7.80. The molecule has 3 N–H and O–H groups in total. The third kappa shape index (κ3) is 5.21. The first-order valence-electron chi connectivity index (χ1n) is 10.0. The highest BCUT2D eigenvalue weighted by molar-refractivity contribution is 5.78. The predicted molar refractivity (Wildman–Crippen MR) is 104 cm³/mol.